The minimum atomic E-state index is -4.85. The number of halogens is 3. The van der Waals surface area contributed by atoms with Crippen LogP contribution in [0.2, 0.25) is 0 Å². The van der Waals surface area contributed by atoms with Gasteiger partial charge >= 0.3 is 12.3 Å². The molecule has 0 spiro atoms. The van der Waals surface area contributed by atoms with E-state index in [1.54, 1.807) is 0 Å². The Kier molecular flexibility index (Phi) is 6.41. The first-order valence-electron chi connectivity index (χ1n) is 6.95. The van der Waals surface area contributed by atoms with Crippen LogP contribution in [0.15, 0.2) is 24.3 Å². The number of carboxylic acids is 1. The number of hydrogen-bond donors (Lipinski definition) is 2. The third kappa shape index (κ3) is 7.03. The van der Waals surface area contributed by atoms with Gasteiger partial charge in [-0.25, -0.2) is 0 Å². The lowest BCUT2D eigenvalue weighted by molar-refractivity contribution is -0.274. The minimum absolute atomic E-state index is 0.0413. The summed E-state index contributed by atoms with van der Waals surface area (Å²) in [5.74, 6) is -2.83. The fraction of sp³-hybridized carbons (Fsp3) is 0.467. The molecule has 5 nitrogen and oxygen atoms in total. The van der Waals surface area contributed by atoms with Crippen molar-refractivity contribution in [3.63, 3.8) is 0 Å². The fourth-order valence-corrected chi connectivity index (χ4v) is 1.99. The van der Waals surface area contributed by atoms with E-state index in [9.17, 15) is 22.8 Å². The van der Waals surface area contributed by atoms with E-state index in [-0.39, 0.29) is 18.0 Å². The zero-order valence-corrected chi connectivity index (χ0v) is 12.7. The van der Waals surface area contributed by atoms with Crippen LogP contribution >= 0.6 is 0 Å². The van der Waals surface area contributed by atoms with Gasteiger partial charge < -0.3 is 15.2 Å². The minimum Gasteiger partial charge on any atom is -0.481 e. The Morgan fingerprint density at radius 2 is 1.96 bits per heavy atom. The number of hydrogen-bond acceptors (Lipinski definition) is 3. The van der Waals surface area contributed by atoms with E-state index in [2.05, 4.69) is 10.1 Å². The first kappa shape index (κ1) is 18.8. The predicted octanol–water partition coefficient (Wildman–Crippen LogP) is 3.06. The third-order valence-electron chi connectivity index (χ3n) is 2.94. The van der Waals surface area contributed by atoms with Crippen LogP contribution in [0.5, 0.6) is 5.75 Å². The van der Waals surface area contributed by atoms with Gasteiger partial charge in [0.15, 0.2) is 0 Å². The van der Waals surface area contributed by atoms with Gasteiger partial charge in [0.1, 0.15) is 5.75 Å². The number of aliphatic carboxylic acids is 1. The normalized spacial score (nSPS) is 12.8. The van der Waals surface area contributed by atoms with Crippen LogP contribution < -0.4 is 10.1 Å². The van der Waals surface area contributed by atoms with Gasteiger partial charge in [0.25, 0.3) is 5.91 Å². The Balaban J connectivity index is 2.70. The smallest absolute Gasteiger partial charge is 0.481 e. The fourth-order valence-electron chi connectivity index (χ4n) is 1.99. The largest absolute Gasteiger partial charge is 0.573 e. The molecule has 1 atom stereocenters. The maximum Gasteiger partial charge on any atom is 0.573 e. The summed E-state index contributed by atoms with van der Waals surface area (Å²) in [5.41, 5.74) is -0.0413. The molecule has 0 heterocycles. The maximum atomic E-state index is 12.2. The van der Waals surface area contributed by atoms with Crippen molar-refractivity contribution >= 4 is 11.9 Å². The summed E-state index contributed by atoms with van der Waals surface area (Å²) in [7, 11) is 0. The van der Waals surface area contributed by atoms with Crippen molar-refractivity contribution < 1.29 is 32.6 Å². The van der Waals surface area contributed by atoms with Gasteiger partial charge in [-0.2, -0.15) is 0 Å². The summed E-state index contributed by atoms with van der Waals surface area (Å²) >= 11 is 0. The quantitative estimate of drug-likeness (QED) is 0.804. The number of benzene rings is 1. The molecular formula is C15H18F3NO4. The molecule has 0 aliphatic rings. The molecule has 0 fully saturated rings. The molecule has 0 aromatic heterocycles. The van der Waals surface area contributed by atoms with E-state index in [4.69, 9.17) is 5.11 Å². The number of alkyl halides is 3. The summed E-state index contributed by atoms with van der Waals surface area (Å²) < 4.78 is 40.2. The number of carbonyl (C=O) groups excluding carboxylic acids is 1. The first-order valence-corrected chi connectivity index (χ1v) is 6.95. The van der Waals surface area contributed by atoms with Crippen LogP contribution in [0.1, 0.15) is 30.6 Å². The second-order valence-corrected chi connectivity index (χ2v) is 5.45. The van der Waals surface area contributed by atoms with Crippen molar-refractivity contribution in [2.45, 2.75) is 26.6 Å². The number of rotatable bonds is 7. The number of carboxylic acid groups (broad SMARTS) is 1. The van der Waals surface area contributed by atoms with Crippen LogP contribution in [0, 0.1) is 11.8 Å². The topological polar surface area (TPSA) is 75.6 Å². The van der Waals surface area contributed by atoms with Gasteiger partial charge in [-0.15, -0.1) is 13.2 Å². The van der Waals surface area contributed by atoms with Crippen molar-refractivity contribution in [3.8, 4) is 5.75 Å². The van der Waals surface area contributed by atoms with Crippen molar-refractivity contribution in [1.29, 1.82) is 0 Å². The molecule has 1 rings (SSSR count). The van der Waals surface area contributed by atoms with Crippen molar-refractivity contribution in [2.75, 3.05) is 6.54 Å². The van der Waals surface area contributed by atoms with E-state index in [0.29, 0.717) is 6.42 Å². The standard InChI is InChI=1S/C15H18F3NO4/c1-9(2)6-11(14(21)22)8-19-13(20)10-4-3-5-12(7-10)23-15(16,17)18/h3-5,7,9,11H,6,8H2,1-2H3,(H,19,20)(H,21,22). The van der Waals surface area contributed by atoms with Crippen LogP contribution in [0.25, 0.3) is 0 Å². The highest BCUT2D eigenvalue weighted by Crippen LogP contribution is 2.23. The zero-order chi connectivity index (χ0) is 17.6. The number of ether oxygens (including phenoxy) is 1. The molecule has 1 unspecified atom stereocenters. The Bertz CT molecular complexity index is 558. The molecule has 0 aliphatic carbocycles. The lowest BCUT2D eigenvalue weighted by Gasteiger charge is -2.15. The Morgan fingerprint density at radius 1 is 1.30 bits per heavy atom. The molecule has 0 aliphatic heterocycles. The summed E-state index contributed by atoms with van der Waals surface area (Å²) in [6.07, 6.45) is -4.46. The van der Waals surface area contributed by atoms with Crippen LogP contribution in [0.3, 0.4) is 0 Å². The molecule has 0 saturated carbocycles. The zero-order valence-electron chi connectivity index (χ0n) is 12.7. The second kappa shape index (κ2) is 7.85. The van der Waals surface area contributed by atoms with E-state index in [0.717, 1.165) is 12.1 Å². The van der Waals surface area contributed by atoms with Crippen LogP contribution in [-0.2, 0) is 4.79 Å². The SMILES string of the molecule is CC(C)CC(CNC(=O)c1cccc(OC(F)(F)F)c1)C(=O)O. The van der Waals surface area contributed by atoms with E-state index >= 15 is 0 Å². The van der Waals surface area contributed by atoms with Crippen molar-refractivity contribution in [1.82, 2.24) is 5.32 Å². The Morgan fingerprint density at radius 3 is 2.48 bits per heavy atom. The monoisotopic (exact) mass is 333 g/mol. The molecule has 8 heteroatoms. The van der Waals surface area contributed by atoms with E-state index < -0.39 is 29.9 Å². The average Bonchev–Trinajstić information content (AvgIpc) is 2.40. The lowest BCUT2D eigenvalue weighted by atomic mass is 9.97. The molecule has 2 N–H and O–H groups in total. The van der Waals surface area contributed by atoms with Gasteiger partial charge in [-0.05, 0) is 30.5 Å². The van der Waals surface area contributed by atoms with Gasteiger partial charge in [0.05, 0.1) is 5.92 Å². The van der Waals surface area contributed by atoms with Crippen molar-refractivity contribution in [3.05, 3.63) is 29.8 Å². The van der Waals surface area contributed by atoms with Crippen LogP contribution in [0.4, 0.5) is 13.2 Å². The van der Waals surface area contributed by atoms with Gasteiger partial charge in [0.2, 0.25) is 0 Å². The van der Waals surface area contributed by atoms with Gasteiger partial charge in [0, 0.05) is 12.1 Å². The maximum absolute atomic E-state index is 12.2. The highest BCUT2D eigenvalue weighted by atomic mass is 19.4. The number of carbonyl (C=O) groups is 2. The highest BCUT2D eigenvalue weighted by Gasteiger charge is 2.31. The summed E-state index contributed by atoms with van der Waals surface area (Å²) in [6, 6.07) is 4.58. The summed E-state index contributed by atoms with van der Waals surface area (Å²) in [5, 5.41) is 11.5. The first-order chi connectivity index (χ1) is 10.6. The second-order valence-electron chi connectivity index (χ2n) is 5.45. The number of amides is 1. The average molecular weight is 333 g/mol. The summed E-state index contributed by atoms with van der Waals surface area (Å²) in [6.45, 7) is 3.61. The lowest BCUT2D eigenvalue weighted by Crippen LogP contribution is -2.33. The van der Waals surface area contributed by atoms with Crippen LogP contribution in [-0.4, -0.2) is 29.9 Å². The molecule has 0 bridgehead atoms. The molecular weight excluding hydrogens is 315 g/mol. The molecule has 23 heavy (non-hydrogen) atoms. The van der Waals surface area contributed by atoms with E-state index in [1.165, 1.54) is 12.1 Å². The Labute approximate surface area is 131 Å². The third-order valence-corrected chi connectivity index (χ3v) is 2.94. The van der Waals surface area contributed by atoms with Gasteiger partial charge in [-0.1, -0.05) is 19.9 Å². The number of nitrogens with one attached hydrogen (secondary N) is 1. The van der Waals surface area contributed by atoms with E-state index in [1.807, 2.05) is 13.8 Å². The molecule has 0 radical (unpaired) electrons. The molecule has 1 amide bonds. The molecule has 0 saturated heterocycles. The van der Waals surface area contributed by atoms with Gasteiger partial charge in [-0.3, -0.25) is 9.59 Å². The molecule has 1 aromatic rings. The predicted molar refractivity (Wildman–Crippen MR) is 76.0 cm³/mol. The molecule has 128 valence electrons. The highest BCUT2D eigenvalue weighted by molar-refractivity contribution is 5.94. The van der Waals surface area contributed by atoms with Crippen molar-refractivity contribution in [2.24, 2.45) is 11.8 Å². The Hall–Kier alpha value is -2.25. The summed E-state index contributed by atoms with van der Waals surface area (Å²) in [4.78, 5) is 23.0. The molecule has 1 aromatic carbocycles.